The van der Waals surface area contributed by atoms with Crippen LogP contribution in [0.5, 0.6) is 0 Å². The molecule has 1 aliphatic rings. The minimum atomic E-state index is -0.749. The molecular weight excluding hydrogens is 260 g/mol. The van der Waals surface area contributed by atoms with Gasteiger partial charge in [-0.1, -0.05) is 43.2 Å². The maximum Gasteiger partial charge on any atom is 0.307 e. The fraction of sp³-hybridized carbons (Fsp3) is 0.438. The van der Waals surface area contributed by atoms with Crippen molar-refractivity contribution in [1.29, 1.82) is 0 Å². The van der Waals surface area contributed by atoms with E-state index in [2.05, 4.69) is 13.8 Å². The fourth-order valence-corrected chi connectivity index (χ4v) is 2.79. The van der Waals surface area contributed by atoms with Gasteiger partial charge in [-0.15, -0.1) is 0 Å². The SMILES string of the molecule is CC1(C)CCC(CC(=O)O)=C(c2ccc(Cl)cc2)C1. The average Bonchev–Trinajstić information content (AvgIpc) is 2.32. The highest BCUT2D eigenvalue weighted by atomic mass is 35.5. The van der Waals surface area contributed by atoms with Crippen molar-refractivity contribution >= 4 is 23.1 Å². The molecule has 0 heterocycles. The average molecular weight is 279 g/mol. The molecule has 1 N–H and O–H groups in total. The van der Waals surface area contributed by atoms with E-state index >= 15 is 0 Å². The normalized spacial score (nSPS) is 18.5. The Morgan fingerprint density at radius 3 is 2.53 bits per heavy atom. The van der Waals surface area contributed by atoms with Crippen molar-refractivity contribution in [3.8, 4) is 0 Å². The molecule has 0 aromatic heterocycles. The van der Waals surface area contributed by atoms with Crippen LogP contribution in [0.4, 0.5) is 0 Å². The van der Waals surface area contributed by atoms with Gasteiger partial charge in [-0.25, -0.2) is 0 Å². The molecule has 0 atom stereocenters. The lowest BCUT2D eigenvalue weighted by molar-refractivity contribution is -0.136. The first-order valence-electron chi connectivity index (χ1n) is 6.56. The van der Waals surface area contributed by atoms with Gasteiger partial charge in [0, 0.05) is 5.02 Å². The first kappa shape index (κ1) is 14.1. The molecule has 0 bridgehead atoms. The van der Waals surface area contributed by atoms with Crippen LogP contribution in [0.2, 0.25) is 5.02 Å². The van der Waals surface area contributed by atoms with Crippen molar-refractivity contribution in [3.63, 3.8) is 0 Å². The lowest BCUT2D eigenvalue weighted by atomic mass is 9.72. The molecule has 0 saturated carbocycles. The van der Waals surface area contributed by atoms with Crippen molar-refractivity contribution in [2.75, 3.05) is 0 Å². The molecule has 1 aromatic rings. The van der Waals surface area contributed by atoms with Crippen LogP contribution < -0.4 is 0 Å². The van der Waals surface area contributed by atoms with E-state index in [1.54, 1.807) is 0 Å². The second-order valence-electron chi connectivity index (χ2n) is 6.00. The van der Waals surface area contributed by atoms with Crippen molar-refractivity contribution < 1.29 is 9.90 Å². The second-order valence-corrected chi connectivity index (χ2v) is 6.44. The maximum absolute atomic E-state index is 11.0. The van der Waals surface area contributed by atoms with Crippen LogP contribution in [-0.2, 0) is 4.79 Å². The smallest absolute Gasteiger partial charge is 0.307 e. The lowest BCUT2D eigenvalue weighted by Gasteiger charge is -2.33. The summed E-state index contributed by atoms with van der Waals surface area (Å²) in [6, 6.07) is 7.70. The zero-order valence-corrected chi connectivity index (χ0v) is 12.1. The van der Waals surface area contributed by atoms with E-state index in [4.69, 9.17) is 16.7 Å². The maximum atomic E-state index is 11.0. The van der Waals surface area contributed by atoms with E-state index in [1.807, 2.05) is 24.3 Å². The summed E-state index contributed by atoms with van der Waals surface area (Å²) in [4.78, 5) is 11.0. The molecule has 0 spiro atoms. The van der Waals surface area contributed by atoms with E-state index in [-0.39, 0.29) is 11.8 Å². The van der Waals surface area contributed by atoms with Gasteiger partial charge in [0.2, 0.25) is 0 Å². The van der Waals surface area contributed by atoms with Gasteiger partial charge < -0.3 is 5.11 Å². The van der Waals surface area contributed by atoms with Gasteiger partial charge in [0.15, 0.2) is 0 Å². The number of carboxylic acid groups (broad SMARTS) is 1. The second kappa shape index (κ2) is 5.38. The third-order valence-corrected chi connectivity index (χ3v) is 3.99. The Morgan fingerprint density at radius 1 is 1.32 bits per heavy atom. The Hall–Kier alpha value is -1.28. The molecule has 2 nitrogen and oxygen atoms in total. The van der Waals surface area contributed by atoms with E-state index in [9.17, 15) is 4.79 Å². The molecule has 102 valence electrons. The largest absolute Gasteiger partial charge is 0.481 e. The monoisotopic (exact) mass is 278 g/mol. The van der Waals surface area contributed by atoms with Crippen LogP contribution in [0.25, 0.3) is 5.57 Å². The molecule has 0 radical (unpaired) electrons. The molecule has 1 aliphatic carbocycles. The third-order valence-electron chi connectivity index (χ3n) is 3.74. The highest BCUT2D eigenvalue weighted by Crippen LogP contribution is 2.43. The van der Waals surface area contributed by atoms with E-state index in [1.165, 1.54) is 5.57 Å². The van der Waals surface area contributed by atoms with Crippen molar-refractivity contribution in [2.24, 2.45) is 5.41 Å². The fourth-order valence-electron chi connectivity index (χ4n) is 2.67. The molecule has 0 fully saturated rings. The summed E-state index contributed by atoms with van der Waals surface area (Å²) in [6.45, 7) is 4.47. The van der Waals surface area contributed by atoms with Crippen LogP contribution in [0.1, 0.15) is 45.1 Å². The number of hydrogen-bond donors (Lipinski definition) is 1. The molecule has 19 heavy (non-hydrogen) atoms. The van der Waals surface area contributed by atoms with Crippen LogP contribution >= 0.6 is 11.6 Å². The molecule has 0 saturated heterocycles. The molecular formula is C16H19ClO2. The summed E-state index contributed by atoms with van der Waals surface area (Å²) < 4.78 is 0. The zero-order chi connectivity index (χ0) is 14.0. The molecule has 0 amide bonds. The number of hydrogen-bond acceptors (Lipinski definition) is 1. The number of aliphatic carboxylic acids is 1. The number of benzene rings is 1. The summed E-state index contributed by atoms with van der Waals surface area (Å²) in [7, 11) is 0. The van der Waals surface area contributed by atoms with Gasteiger partial charge in [0.25, 0.3) is 0 Å². The number of allylic oxidation sites excluding steroid dienone is 1. The summed E-state index contributed by atoms with van der Waals surface area (Å²) in [5.41, 5.74) is 3.59. The molecule has 2 rings (SSSR count). The van der Waals surface area contributed by atoms with E-state index in [0.29, 0.717) is 5.02 Å². The van der Waals surface area contributed by atoms with Crippen LogP contribution in [0, 0.1) is 5.41 Å². The zero-order valence-electron chi connectivity index (χ0n) is 11.4. The van der Waals surface area contributed by atoms with Gasteiger partial charge in [-0.2, -0.15) is 0 Å². The predicted octanol–water partition coefficient (Wildman–Crippen LogP) is 4.78. The Morgan fingerprint density at radius 2 is 1.95 bits per heavy atom. The Labute approximate surface area is 119 Å². The summed E-state index contributed by atoms with van der Waals surface area (Å²) >= 11 is 5.92. The first-order valence-corrected chi connectivity index (χ1v) is 6.94. The first-order chi connectivity index (χ1) is 8.87. The minimum absolute atomic E-state index is 0.147. The van der Waals surface area contributed by atoms with Gasteiger partial charge in [-0.3, -0.25) is 4.79 Å². The minimum Gasteiger partial charge on any atom is -0.481 e. The van der Waals surface area contributed by atoms with Gasteiger partial charge in [0.1, 0.15) is 0 Å². The number of rotatable bonds is 3. The lowest BCUT2D eigenvalue weighted by Crippen LogP contribution is -2.19. The topological polar surface area (TPSA) is 37.3 Å². The van der Waals surface area contributed by atoms with Crippen molar-refractivity contribution in [1.82, 2.24) is 0 Å². The third kappa shape index (κ3) is 3.60. The van der Waals surface area contributed by atoms with Crippen molar-refractivity contribution in [2.45, 2.75) is 39.5 Å². The van der Waals surface area contributed by atoms with Gasteiger partial charge >= 0.3 is 5.97 Å². The van der Waals surface area contributed by atoms with Gasteiger partial charge in [0.05, 0.1) is 6.42 Å². The number of carbonyl (C=O) groups is 1. The Kier molecular flexibility index (Phi) is 4.00. The van der Waals surface area contributed by atoms with Gasteiger partial charge in [-0.05, 0) is 47.9 Å². The van der Waals surface area contributed by atoms with E-state index < -0.39 is 5.97 Å². The summed E-state index contributed by atoms with van der Waals surface area (Å²) in [5, 5.41) is 9.76. The highest BCUT2D eigenvalue weighted by Gasteiger charge is 2.28. The quantitative estimate of drug-likeness (QED) is 0.864. The van der Waals surface area contributed by atoms with Crippen LogP contribution in [0.3, 0.4) is 0 Å². The highest BCUT2D eigenvalue weighted by molar-refractivity contribution is 6.30. The number of carboxylic acids is 1. The van der Waals surface area contributed by atoms with E-state index in [0.717, 1.165) is 30.4 Å². The van der Waals surface area contributed by atoms with Crippen LogP contribution in [-0.4, -0.2) is 11.1 Å². The van der Waals surface area contributed by atoms with Crippen molar-refractivity contribution in [3.05, 3.63) is 40.4 Å². The Bertz CT molecular complexity index is 512. The summed E-state index contributed by atoms with van der Waals surface area (Å²) in [6.07, 6.45) is 3.00. The number of halogens is 1. The van der Waals surface area contributed by atoms with Crippen LogP contribution in [0.15, 0.2) is 29.8 Å². The predicted molar refractivity (Wildman–Crippen MR) is 78.3 cm³/mol. The molecule has 0 aliphatic heterocycles. The summed E-state index contributed by atoms with van der Waals surface area (Å²) in [5.74, 6) is -0.749. The molecule has 0 unspecified atom stereocenters. The Balaban J connectivity index is 2.41. The standard InChI is InChI=1S/C16H19ClO2/c1-16(2)8-7-12(9-15(18)19)14(10-16)11-3-5-13(17)6-4-11/h3-6H,7-10H2,1-2H3,(H,18,19). The molecule has 3 heteroatoms. The molecule has 1 aromatic carbocycles.